The average molecular weight is 1100 g/mol. The highest BCUT2D eigenvalue weighted by Gasteiger charge is 2.50. The molecule has 2 fully saturated rings. The van der Waals surface area contributed by atoms with Gasteiger partial charge in [-0.2, -0.15) is 0 Å². The van der Waals surface area contributed by atoms with Crippen LogP contribution in [0.3, 0.4) is 0 Å². The van der Waals surface area contributed by atoms with Crippen LogP contribution in [-0.2, 0) is 74.4 Å². The SMILES string of the molecule is CC(=O)Oc1ccc(C[N+]2(CC(=O)N[C@@H](CCc3ccccc3)C(=O)N[C@@H](CC(C)C)C(=O)N[C@@H](Cc3ccccc3)C(=O)N[C@@H](CC(C)C)C(=O)[C@@]3(C)CO3)CCOCC2)cc1OCc1ccc(C=O)cc1.CS(=O)(=O)[O-]. The van der Waals surface area contributed by atoms with E-state index in [4.69, 9.17) is 31.9 Å². The maximum absolute atomic E-state index is 14.6. The molecule has 0 radical (unpaired) electrons. The molecule has 5 atom stereocenters. The van der Waals surface area contributed by atoms with Gasteiger partial charge in [-0.3, -0.25) is 33.6 Å². The summed E-state index contributed by atoms with van der Waals surface area (Å²) in [6.45, 7) is 13.4. The number of Topliss-reactive ketones (excluding diaryl/α,β-unsaturated/α-hetero) is 1. The molecule has 0 saturated carbocycles. The molecular formula is C58H75N5O14S. The number of rotatable bonds is 27. The summed E-state index contributed by atoms with van der Waals surface area (Å²) in [6, 6.07) is 27.0. The monoisotopic (exact) mass is 1100 g/mol. The predicted octanol–water partition coefficient (Wildman–Crippen LogP) is 4.78. The van der Waals surface area contributed by atoms with Gasteiger partial charge in [0.25, 0.3) is 5.91 Å². The van der Waals surface area contributed by atoms with Gasteiger partial charge >= 0.3 is 5.97 Å². The molecule has 4 aromatic rings. The summed E-state index contributed by atoms with van der Waals surface area (Å²) in [6.07, 6.45) is 2.78. The first kappa shape index (κ1) is 62.0. The fourth-order valence-electron chi connectivity index (χ4n) is 9.02. The molecule has 4 amide bonds. The molecule has 2 aliphatic rings. The zero-order chi connectivity index (χ0) is 57.0. The van der Waals surface area contributed by atoms with Gasteiger partial charge in [-0.1, -0.05) is 113 Å². The molecule has 20 heteroatoms. The van der Waals surface area contributed by atoms with E-state index in [1.54, 1.807) is 43.3 Å². The summed E-state index contributed by atoms with van der Waals surface area (Å²) >= 11 is 0. The lowest BCUT2D eigenvalue weighted by molar-refractivity contribution is -0.940. The first-order valence-corrected chi connectivity index (χ1v) is 28.0. The third-order valence-electron chi connectivity index (χ3n) is 13.1. The van der Waals surface area contributed by atoms with E-state index in [1.165, 1.54) is 6.92 Å². The molecule has 422 valence electrons. The van der Waals surface area contributed by atoms with Crippen LogP contribution in [-0.4, -0.2) is 135 Å². The number of amides is 4. The van der Waals surface area contributed by atoms with Crippen molar-refractivity contribution in [1.82, 2.24) is 21.3 Å². The number of ketones is 1. The minimum Gasteiger partial charge on any atom is -0.748 e. The van der Waals surface area contributed by atoms with Crippen LogP contribution in [0.4, 0.5) is 0 Å². The standard InChI is InChI=1S/C57H71N5O11.CH4O3S/c1-38(2)29-47(53(66)57(6)37-72-57)59-56(69)49(31-42-15-11-8-12-16-42)61-55(68)48(30-39(3)4)60-54(67)46(23-21-41-13-9-7-10-14-41)58-52(65)34-62(25-27-70-28-26-62)33-45-22-24-50(73-40(5)64)51(32-45)71-36-44-19-17-43(35-63)18-20-44;1-5(2,3)4/h7-20,22,24,32,35,38-39,46-49H,21,23,25-31,33-34,36-37H2,1-6H3,(H3-,58,59,60,61,65,67,68,69);1H3,(H,2,3,4)/t46-,47-,48-,49-,57+;/m0./s1. The normalized spacial score (nSPS) is 17.2. The number of aldehydes is 1. The van der Waals surface area contributed by atoms with Gasteiger partial charge in [-0.15, -0.1) is 0 Å². The second-order valence-electron chi connectivity index (χ2n) is 21.1. The van der Waals surface area contributed by atoms with Crippen molar-refractivity contribution in [2.45, 2.75) is 117 Å². The fraction of sp³-hybridized carbons (Fsp3) is 0.466. The maximum Gasteiger partial charge on any atom is 0.308 e. The maximum atomic E-state index is 14.6. The lowest BCUT2D eigenvalue weighted by Crippen LogP contribution is -2.61. The molecule has 19 nitrogen and oxygen atoms in total. The number of epoxide rings is 1. The number of nitrogens with zero attached hydrogens (tertiary/aromatic N) is 1. The molecule has 78 heavy (non-hydrogen) atoms. The quantitative estimate of drug-likeness (QED) is 0.0157. The highest BCUT2D eigenvalue weighted by Crippen LogP contribution is 2.32. The van der Waals surface area contributed by atoms with E-state index in [0.29, 0.717) is 63.3 Å². The number of quaternary nitrogens is 1. The van der Waals surface area contributed by atoms with E-state index in [2.05, 4.69) is 21.3 Å². The summed E-state index contributed by atoms with van der Waals surface area (Å²) in [5.41, 5.74) is 2.92. The highest BCUT2D eigenvalue weighted by atomic mass is 32.2. The molecule has 6 rings (SSSR count). The van der Waals surface area contributed by atoms with Crippen LogP contribution in [0.5, 0.6) is 11.5 Å². The molecule has 2 saturated heterocycles. The molecule has 0 aromatic heterocycles. The number of nitrogens with one attached hydrogen (secondary N) is 4. The Balaban J connectivity index is 0.00000214. The molecule has 0 bridgehead atoms. The van der Waals surface area contributed by atoms with Crippen molar-refractivity contribution >= 4 is 51.8 Å². The van der Waals surface area contributed by atoms with E-state index < -0.39 is 63.6 Å². The first-order valence-electron chi connectivity index (χ1n) is 26.2. The van der Waals surface area contributed by atoms with E-state index in [-0.39, 0.29) is 72.8 Å². The molecule has 2 aliphatic heterocycles. The Kier molecular flexibility index (Phi) is 23.2. The third-order valence-corrected chi connectivity index (χ3v) is 13.1. The molecule has 4 aromatic carbocycles. The number of morpholine rings is 1. The van der Waals surface area contributed by atoms with Gasteiger partial charge in [0, 0.05) is 30.7 Å². The average Bonchev–Trinajstić information content (AvgIpc) is 4.15. The van der Waals surface area contributed by atoms with Gasteiger partial charge in [0.2, 0.25) is 17.7 Å². The highest BCUT2D eigenvalue weighted by molar-refractivity contribution is 7.84. The van der Waals surface area contributed by atoms with Crippen molar-refractivity contribution in [3.05, 3.63) is 131 Å². The Morgan fingerprint density at radius 3 is 1.79 bits per heavy atom. The summed E-state index contributed by atoms with van der Waals surface area (Å²) in [5.74, 6) is -2.19. The van der Waals surface area contributed by atoms with Gasteiger partial charge in [0.15, 0.2) is 23.8 Å². The minimum absolute atomic E-state index is 0.00120. The van der Waals surface area contributed by atoms with Crippen molar-refractivity contribution in [3.8, 4) is 11.5 Å². The number of carbonyl (C=O) groups is 7. The lowest BCUT2D eigenvalue weighted by Gasteiger charge is -2.41. The first-order chi connectivity index (χ1) is 36.9. The summed E-state index contributed by atoms with van der Waals surface area (Å²) < 4.78 is 50.4. The predicted molar refractivity (Wildman–Crippen MR) is 290 cm³/mol. The van der Waals surface area contributed by atoms with Crippen LogP contribution in [0, 0.1) is 11.8 Å². The smallest absolute Gasteiger partial charge is 0.308 e. The van der Waals surface area contributed by atoms with Crippen molar-refractivity contribution in [1.29, 1.82) is 0 Å². The van der Waals surface area contributed by atoms with E-state index >= 15 is 0 Å². The van der Waals surface area contributed by atoms with Gasteiger partial charge in [-0.25, -0.2) is 8.42 Å². The largest absolute Gasteiger partial charge is 0.748 e. The molecule has 0 unspecified atom stereocenters. The van der Waals surface area contributed by atoms with Gasteiger partial charge < -0.3 is 49.3 Å². The van der Waals surface area contributed by atoms with Crippen molar-refractivity contribution in [2.24, 2.45) is 11.8 Å². The van der Waals surface area contributed by atoms with Crippen LogP contribution >= 0.6 is 0 Å². The fourth-order valence-corrected chi connectivity index (χ4v) is 9.02. The number of ether oxygens (including phenoxy) is 4. The zero-order valence-corrected chi connectivity index (χ0v) is 46.4. The number of aryl methyl sites for hydroxylation is 1. The Morgan fingerprint density at radius 2 is 1.23 bits per heavy atom. The lowest BCUT2D eigenvalue weighted by atomic mass is 9.93. The summed E-state index contributed by atoms with van der Waals surface area (Å²) in [5, 5.41) is 11.9. The van der Waals surface area contributed by atoms with Crippen LogP contribution < -0.4 is 30.7 Å². The Hall–Kier alpha value is -6.84. The Bertz CT molecular complexity index is 2760. The van der Waals surface area contributed by atoms with E-state index in [0.717, 1.165) is 28.5 Å². The molecule has 2 heterocycles. The minimum atomic E-state index is -3.92. The van der Waals surface area contributed by atoms with Crippen LogP contribution in [0.15, 0.2) is 103 Å². The zero-order valence-electron chi connectivity index (χ0n) is 45.6. The number of carbonyl (C=O) groups excluding carboxylic acids is 7. The number of benzene rings is 4. The van der Waals surface area contributed by atoms with Gasteiger partial charge in [0.1, 0.15) is 56.3 Å². The summed E-state index contributed by atoms with van der Waals surface area (Å²) in [7, 11) is -3.92. The number of esters is 1. The number of hydrogen-bond donors (Lipinski definition) is 4. The molecule has 0 aliphatic carbocycles. The third kappa shape index (κ3) is 21.2. The van der Waals surface area contributed by atoms with Gasteiger partial charge in [0.05, 0.1) is 36.0 Å². The topological polar surface area (TPSA) is 265 Å². The van der Waals surface area contributed by atoms with Gasteiger partial charge in [-0.05, 0) is 79.3 Å². The molecule has 4 N–H and O–H groups in total. The second-order valence-corrected chi connectivity index (χ2v) is 22.5. The second kappa shape index (κ2) is 29.2. The Labute approximate surface area is 457 Å². The van der Waals surface area contributed by atoms with E-state index in [1.807, 2.05) is 94.4 Å². The van der Waals surface area contributed by atoms with E-state index in [9.17, 15) is 33.6 Å². The van der Waals surface area contributed by atoms with Crippen LogP contribution in [0.2, 0.25) is 0 Å². The Morgan fingerprint density at radius 1 is 0.705 bits per heavy atom. The molecular weight excluding hydrogens is 1020 g/mol. The number of hydrogen-bond acceptors (Lipinski definition) is 14. The molecule has 0 spiro atoms. The van der Waals surface area contributed by atoms with Crippen molar-refractivity contribution < 1.29 is 70.0 Å². The van der Waals surface area contributed by atoms with Crippen molar-refractivity contribution in [2.75, 3.05) is 45.7 Å². The van der Waals surface area contributed by atoms with Crippen LogP contribution in [0.25, 0.3) is 0 Å². The van der Waals surface area contributed by atoms with Crippen LogP contribution in [0.1, 0.15) is 93.4 Å². The van der Waals surface area contributed by atoms with Crippen molar-refractivity contribution in [3.63, 3.8) is 0 Å². The summed E-state index contributed by atoms with van der Waals surface area (Å²) in [4.78, 5) is 94.6.